The fourth-order valence-corrected chi connectivity index (χ4v) is 2.36. The molecule has 0 spiro atoms. The van der Waals surface area contributed by atoms with Crippen molar-refractivity contribution in [1.82, 2.24) is 0 Å². The van der Waals surface area contributed by atoms with Gasteiger partial charge in [0.1, 0.15) is 11.9 Å². The van der Waals surface area contributed by atoms with Crippen molar-refractivity contribution in [3.8, 4) is 5.75 Å². The van der Waals surface area contributed by atoms with Crippen molar-refractivity contribution in [3.63, 3.8) is 0 Å². The maximum Gasteiger partial charge on any atom is 0.253 e. The first-order chi connectivity index (χ1) is 10.5. The number of nitrogens with two attached hydrogens (primary N) is 1. The molecule has 0 aromatic heterocycles. The lowest BCUT2D eigenvalue weighted by Gasteiger charge is -2.14. The molecule has 1 heterocycles. The number of rotatable bonds is 5. The van der Waals surface area contributed by atoms with Crippen LogP contribution in [0.2, 0.25) is 0 Å². The first-order valence-corrected chi connectivity index (χ1v) is 7.15. The molecule has 1 aliphatic heterocycles. The van der Waals surface area contributed by atoms with Gasteiger partial charge in [0.05, 0.1) is 18.9 Å². The summed E-state index contributed by atoms with van der Waals surface area (Å²) < 4.78 is 10.8. The smallest absolute Gasteiger partial charge is 0.253 e. The SMILES string of the molecule is COc1cc(NC(=O)[C@@H]2CC[C@H](CN)O2)ccc1NC(C)=O. The van der Waals surface area contributed by atoms with Crippen LogP contribution >= 0.6 is 0 Å². The number of hydrogen-bond donors (Lipinski definition) is 3. The first-order valence-electron chi connectivity index (χ1n) is 7.15. The Morgan fingerprint density at radius 1 is 1.36 bits per heavy atom. The predicted molar refractivity (Wildman–Crippen MR) is 82.9 cm³/mol. The summed E-state index contributed by atoms with van der Waals surface area (Å²) in [5.41, 5.74) is 6.66. The second kappa shape index (κ2) is 7.24. The molecule has 1 aliphatic rings. The third-order valence-corrected chi connectivity index (χ3v) is 3.44. The fourth-order valence-electron chi connectivity index (χ4n) is 2.36. The van der Waals surface area contributed by atoms with Crippen LogP contribution in [0.1, 0.15) is 19.8 Å². The first kappa shape index (κ1) is 16.3. The molecule has 4 N–H and O–H groups in total. The van der Waals surface area contributed by atoms with E-state index in [1.54, 1.807) is 18.2 Å². The Morgan fingerprint density at radius 3 is 2.73 bits per heavy atom. The van der Waals surface area contributed by atoms with E-state index < -0.39 is 6.10 Å². The number of carbonyl (C=O) groups is 2. The zero-order valence-electron chi connectivity index (χ0n) is 12.7. The molecule has 1 saturated heterocycles. The molecular weight excluding hydrogens is 286 g/mol. The number of carbonyl (C=O) groups excluding carboxylic acids is 2. The van der Waals surface area contributed by atoms with Crippen LogP contribution in [0.5, 0.6) is 5.75 Å². The summed E-state index contributed by atoms with van der Waals surface area (Å²) in [7, 11) is 1.50. The molecule has 0 aliphatic carbocycles. The lowest BCUT2D eigenvalue weighted by atomic mass is 10.2. The van der Waals surface area contributed by atoms with E-state index in [1.807, 2.05) is 0 Å². The van der Waals surface area contributed by atoms with E-state index >= 15 is 0 Å². The largest absolute Gasteiger partial charge is 0.494 e. The van der Waals surface area contributed by atoms with Gasteiger partial charge in [0.25, 0.3) is 5.91 Å². The van der Waals surface area contributed by atoms with Gasteiger partial charge in [0.15, 0.2) is 0 Å². The van der Waals surface area contributed by atoms with E-state index in [0.717, 1.165) is 6.42 Å². The summed E-state index contributed by atoms with van der Waals surface area (Å²) in [5, 5.41) is 5.44. The highest BCUT2D eigenvalue weighted by Gasteiger charge is 2.29. The third-order valence-electron chi connectivity index (χ3n) is 3.44. The van der Waals surface area contributed by atoms with Crippen LogP contribution in [-0.2, 0) is 14.3 Å². The number of benzene rings is 1. The Kier molecular flexibility index (Phi) is 5.35. The normalized spacial score (nSPS) is 20.5. The average Bonchev–Trinajstić information content (AvgIpc) is 2.97. The van der Waals surface area contributed by atoms with Gasteiger partial charge in [-0.1, -0.05) is 0 Å². The number of methoxy groups -OCH3 is 1. The highest BCUT2D eigenvalue weighted by molar-refractivity contribution is 5.96. The van der Waals surface area contributed by atoms with E-state index in [2.05, 4.69) is 10.6 Å². The van der Waals surface area contributed by atoms with E-state index in [-0.39, 0.29) is 17.9 Å². The maximum absolute atomic E-state index is 12.2. The van der Waals surface area contributed by atoms with Gasteiger partial charge in [-0.2, -0.15) is 0 Å². The third kappa shape index (κ3) is 3.96. The second-order valence-electron chi connectivity index (χ2n) is 5.15. The monoisotopic (exact) mass is 307 g/mol. The maximum atomic E-state index is 12.2. The second-order valence-corrected chi connectivity index (χ2v) is 5.15. The summed E-state index contributed by atoms with van der Waals surface area (Å²) in [6.45, 7) is 1.84. The fraction of sp³-hybridized carbons (Fsp3) is 0.467. The van der Waals surface area contributed by atoms with Crippen molar-refractivity contribution >= 4 is 23.2 Å². The van der Waals surface area contributed by atoms with Crippen molar-refractivity contribution in [1.29, 1.82) is 0 Å². The van der Waals surface area contributed by atoms with Crippen LogP contribution in [0.3, 0.4) is 0 Å². The van der Waals surface area contributed by atoms with Crippen molar-refractivity contribution in [2.75, 3.05) is 24.3 Å². The molecule has 2 atom stereocenters. The van der Waals surface area contributed by atoms with Crippen LogP contribution in [0.15, 0.2) is 18.2 Å². The zero-order valence-corrected chi connectivity index (χ0v) is 12.7. The molecule has 2 amide bonds. The molecule has 7 heteroatoms. The lowest BCUT2D eigenvalue weighted by Crippen LogP contribution is -2.29. The number of nitrogens with one attached hydrogen (secondary N) is 2. The van der Waals surface area contributed by atoms with Crippen molar-refractivity contribution in [3.05, 3.63) is 18.2 Å². The predicted octanol–water partition coefficient (Wildman–Crippen LogP) is 1.10. The number of ether oxygens (including phenoxy) is 2. The Labute approximate surface area is 129 Å². The minimum absolute atomic E-state index is 0.0487. The molecule has 120 valence electrons. The molecule has 0 radical (unpaired) electrons. The van der Waals surface area contributed by atoms with E-state index in [4.69, 9.17) is 15.2 Å². The van der Waals surface area contributed by atoms with Gasteiger partial charge in [-0.3, -0.25) is 9.59 Å². The zero-order chi connectivity index (χ0) is 16.1. The van der Waals surface area contributed by atoms with Crippen molar-refractivity contribution in [2.45, 2.75) is 32.0 Å². The van der Waals surface area contributed by atoms with Gasteiger partial charge < -0.3 is 25.8 Å². The Bertz CT molecular complexity index is 562. The van der Waals surface area contributed by atoms with Crippen LogP contribution in [0, 0.1) is 0 Å². The highest BCUT2D eigenvalue weighted by Crippen LogP contribution is 2.28. The van der Waals surface area contributed by atoms with Crippen LogP contribution in [0.25, 0.3) is 0 Å². The summed E-state index contributed by atoms with van der Waals surface area (Å²) in [4.78, 5) is 23.3. The molecule has 1 aromatic rings. The number of anilines is 2. The van der Waals surface area contributed by atoms with Crippen LogP contribution in [-0.4, -0.2) is 37.7 Å². The summed E-state index contributed by atoms with van der Waals surface area (Å²) >= 11 is 0. The number of amides is 2. The molecule has 0 saturated carbocycles. The Hall–Kier alpha value is -2.12. The number of hydrogen-bond acceptors (Lipinski definition) is 5. The molecule has 1 aromatic carbocycles. The minimum Gasteiger partial charge on any atom is -0.494 e. The minimum atomic E-state index is -0.477. The van der Waals surface area contributed by atoms with E-state index in [0.29, 0.717) is 30.1 Å². The molecule has 0 unspecified atom stereocenters. The molecule has 22 heavy (non-hydrogen) atoms. The summed E-state index contributed by atoms with van der Waals surface area (Å²) in [6, 6.07) is 5.02. The average molecular weight is 307 g/mol. The van der Waals surface area contributed by atoms with Crippen LogP contribution in [0.4, 0.5) is 11.4 Å². The van der Waals surface area contributed by atoms with Crippen LogP contribution < -0.4 is 21.1 Å². The van der Waals surface area contributed by atoms with Gasteiger partial charge in [-0.15, -0.1) is 0 Å². The summed E-state index contributed by atoms with van der Waals surface area (Å²) in [5.74, 6) is 0.0766. The Morgan fingerprint density at radius 2 is 2.14 bits per heavy atom. The summed E-state index contributed by atoms with van der Waals surface area (Å²) in [6.07, 6.45) is 0.927. The van der Waals surface area contributed by atoms with Gasteiger partial charge in [-0.05, 0) is 25.0 Å². The van der Waals surface area contributed by atoms with Gasteiger partial charge in [-0.25, -0.2) is 0 Å². The molecular formula is C15H21N3O4. The lowest BCUT2D eigenvalue weighted by molar-refractivity contribution is -0.126. The van der Waals surface area contributed by atoms with E-state index in [9.17, 15) is 9.59 Å². The molecule has 1 fully saturated rings. The molecule has 2 rings (SSSR count). The van der Waals surface area contributed by atoms with Gasteiger partial charge in [0, 0.05) is 25.2 Å². The van der Waals surface area contributed by atoms with Crippen molar-refractivity contribution in [2.24, 2.45) is 5.73 Å². The molecule has 7 nitrogen and oxygen atoms in total. The molecule has 0 bridgehead atoms. The topological polar surface area (TPSA) is 103 Å². The standard InChI is InChI=1S/C15H21N3O4/c1-9(19)17-12-5-3-10(7-14(12)21-2)18-15(20)13-6-4-11(8-16)22-13/h3,5,7,11,13H,4,6,8,16H2,1-2H3,(H,17,19)(H,18,20)/t11-,13+/m1/s1. The van der Waals surface area contributed by atoms with Gasteiger partial charge in [0.2, 0.25) is 5.91 Å². The van der Waals surface area contributed by atoms with Crippen molar-refractivity contribution < 1.29 is 19.1 Å². The highest BCUT2D eigenvalue weighted by atomic mass is 16.5. The van der Waals surface area contributed by atoms with Gasteiger partial charge >= 0.3 is 0 Å². The Balaban J connectivity index is 2.03. The quantitative estimate of drug-likeness (QED) is 0.756. The van der Waals surface area contributed by atoms with E-state index in [1.165, 1.54) is 14.0 Å².